The molecule has 3 aromatic rings. The van der Waals surface area contributed by atoms with Gasteiger partial charge in [-0.15, -0.1) is 0 Å². The SMILES string of the molecule is CCC(=O)N1c2ccc3ccccc3c2C2C=CCC2C1c1ccc(F)cc1. The van der Waals surface area contributed by atoms with Gasteiger partial charge in [0.05, 0.1) is 6.04 Å². The molecule has 0 N–H and O–H groups in total. The van der Waals surface area contributed by atoms with Crippen LogP contribution < -0.4 is 4.90 Å². The molecule has 3 heteroatoms. The summed E-state index contributed by atoms with van der Waals surface area (Å²) in [6, 6.07) is 19.2. The van der Waals surface area contributed by atoms with Gasteiger partial charge >= 0.3 is 0 Å². The molecule has 1 aliphatic heterocycles. The van der Waals surface area contributed by atoms with Crippen molar-refractivity contribution in [3.8, 4) is 0 Å². The average molecular weight is 371 g/mol. The molecule has 1 heterocycles. The van der Waals surface area contributed by atoms with Crippen LogP contribution >= 0.6 is 0 Å². The molecule has 3 aromatic carbocycles. The van der Waals surface area contributed by atoms with E-state index in [0.29, 0.717) is 6.42 Å². The monoisotopic (exact) mass is 371 g/mol. The fourth-order valence-electron chi connectivity index (χ4n) is 5.01. The minimum atomic E-state index is -0.250. The largest absolute Gasteiger partial charge is 0.304 e. The van der Waals surface area contributed by atoms with Crippen molar-refractivity contribution >= 4 is 22.4 Å². The molecule has 3 atom stereocenters. The van der Waals surface area contributed by atoms with Crippen molar-refractivity contribution in [2.24, 2.45) is 5.92 Å². The quantitative estimate of drug-likeness (QED) is 0.496. The summed E-state index contributed by atoms with van der Waals surface area (Å²) in [6.07, 6.45) is 5.88. The normalized spacial score (nSPS) is 22.9. The Kier molecular flexibility index (Phi) is 4.04. The Bertz CT molecular complexity index is 1090. The molecule has 3 unspecified atom stereocenters. The average Bonchev–Trinajstić information content (AvgIpc) is 3.22. The number of hydrogen-bond donors (Lipinski definition) is 0. The summed E-state index contributed by atoms with van der Waals surface area (Å²) >= 11 is 0. The van der Waals surface area contributed by atoms with Crippen LogP contribution in [-0.4, -0.2) is 5.91 Å². The van der Waals surface area contributed by atoms with Gasteiger partial charge in [0.2, 0.25) is 5.91 Å². The van der Waals surface area contributed by atoms with Crippen molar-refractivity contribution in [2.45, 2.75) is 31.7 Å². The summed E-state index contributed by atoms with van der Waals surface area (Å²) in [7, 11) is 0. The molecule has 0 spiro atoms. The highest BCUT2D eigenvalue weighted by atomic mass is 19.1. The Balaban J connectivity index is 1.78. The summed E-state index contributed by atoms with van der Waals surface area (Å²) < 4.78 is 13.6. The molecule has 2 aliphatic rings. The predicted octanol–water partition coefficient (Wildman–Crippen LogP) is 6.14. The van der Waals surface area contributed by atoms with Crippen LogP contribution in [0.1, 0.15) is 42.9 Å². The van der Waals surface area contributed by atoms with Crippen LogP contribution in [0.5, 0.6) is 0 Å². The van der Waals surface area contributed by atoms with E-state index in [1.165, 1.54) is 28.5 Å². The van der Waals surface area contributed by atoms with Crippen LogP contribution in [0.25, 0.3) is 10.8 Å². The lowest BCUT2D eigenvalue weighted by Crippen LogP contribution is -2.43. The molecule has 0 radical (unpaired) electrons. The molecule has 140 valence electrons. The fourth-order valence-corrected chi connectivity index (χ4v) is 5.01. The second-order valence-electron chi connectivity index (χ2n) is 7.69. The molecular weight excluding hydrogens is 349 g/mol. The number of fused-ring (bicyclic) bond motifs is 5. The molecule has 2 nitrogen and oxygen atoms in total. The van der Waals surface area contributed by atoms with Gasteiger partial charge in [-0.05, 0) is 52.4 Å². The van der Waals surface area contributed by atoms with Gasteiger partial charge in [-0.2, -0.15) is 0 Å². The van der Waals surface area contributed by atoms with Gasteiger partial charge in [0.25, 0.3) is 0 Å². The Labute approximate surface area is 164 Å². The van der Waals surface area contributed by atoms with Crippen LogP contribution in [-0.2, 0) is 4.79 Å². The van der Waals surface area contributed by atoms with E-state index in [9.17, 15) is 9.18 Å². The molecule has 5 rings (SSSR count). The first-order valence-corrected chi connectivity index (χ1v) is 9.95. The Morgan fingerprint density at radius 2 is 1.86 bits per heavy atom. The summed E-state index contributed by atoms with van der Waals surface area (Å²) in [5.74, 6) is 0.382. The summed E-state index contributed by atoms with van der Waals surface area (Å²) in [5, 5.41) is 2.41. The highest BCUT2D eigenvalue weighted by Gasteiger charge is 2.44. The first kappa shape index (κ1) is 17.2. The minimum absolute atomic E-state index is 0.0817. The van der Waals surface area contributed by atoms with E-state index in [1.807, 2.05) is 24.0 Å². The molecule has 28 heavy (non-hydrogen) atoms. The third kappa shape index (κ3) is 2.50. The number of anilines is 1. The Hall–Kier alpha value is -2.94. The van der Waals surface area contributed by atoms with E-state index < -0.39 is 0 Å². The zero-order valence-corrected chi connectivity index (χ0v) is 15.8. The lowest BCUT2D eigenvalue weighted by Gasteiger charge is -2.45. The first-order valence-electron chi connectivity index (χ1n) is 9.95. The lowest BCUT2D eigenvalue weighted by atomic mass is 9.74. The van der Waals surface area contributed by atoms with Gasteiger partial charge in [0.1, 0.15) is 5.82 Å². The molecule has 1 aliphatic carbocycles. The first-order chi connectivity index (χ1) is 13.7. The van der Waals surface area contributed by atoms with Crippen LogP contribution in [0.3, 0.4) is 0 Å². The number of allylic oxidation sites excluding steroid dienone is 2. The van der Waals surface area contributed by atoms with Crippen LogP contribution in [0.15, 0.2) is 72.8 Å². The van der Waals surface area contributed by atoms with Gasteiger partial charge in [-0.25, -0.2) is 4.39 Å². The number of halogens is 1. The van der Waals surface area contributed by atoms with Gasteiger partial charge < -0.3 is 4.90 Å². The van der Waals surface area contributed by atoms with Crippen molar-refractivity contribution in [2.75, 3.05) is 4.90 Å². The number of rotatable bonds is 2. The summed E-state index contributed by atoms with van der Waals surface area (Å²) in [4.78, 5) is 15.1. The van der Waals surface area contributed by atoms with Gasteiger partial charge in [-0.3, -0.25) is 4.79 Å². The molecular formula is C25H22FNO. The maximum atomic E-state index is 13.6. The maximum absolute atomic E-state index is 13.6. The topological polar surface area (TPSA) is 20.3 Å². The third-order valence-corrected chi connectivity index (χ3v) is 6.22. The highest BCUT2D eigenvalue weighted by molar-refractivity contribution is 6.01. The number of carbonyl (C=O) groups is 1. The van der Waals surface area contributed by atoms with E-state index in [1.54, 1.807) is 0 Å². The zero-order chi connectivity index (χ0) is 19.3. The van der Waals surface area contributed by atoms with Crippen molar-refractivity contribution < 1.29 is 9.18 Å². The second kappa shape index (κ2) is 6.59. The minimum Gasteiger partial charge on any atom is -0.304 e. The Morgan fingerprint density at radius 1 is 1.07 bits per heavy atom. The molecule has 0 bridgehead atoms. The molecule has 0 aromatic heterocycles. The smallest absolute Gasteiger partial charge is 0.227 e. The molecule has 0 saturated carbocycles. The van der Waals surface area contributed by atoms with Crippen molar-refractivity contribution in [1.82, 2.24) is 0 Å². The fraction of sp³-hybridized carbons (Fsp3) is 0.240. The van der Waals surface area contributed by atoms with Crippen LogP contribution in [0.2, 0.25) is 0 Å². The standard InChI is InChI=1S/C25H22FNO/c1-2-23(28)27-22-15-12-16-6-3-4-7-19(16)24(22)20-8-5-9-21(20)25(27)17-10-13-18(26)14-11-17/h3-8,10-15,20-21,25H,2,9H2,1H3. The van der Waals surface area contributed by atoms with Crippen LogP contribution in [0, 0.1) is 11.7 Å². The molecule has 1 amide bonds. The van der Waals surface area contributed by atoms with Crippen molar-refractivity contribution in [1.29, 1.82) is 0 Å². The number of amides is 1. The predicted molar refractivity (Wildman–Crippen MR) is 111 cm³/mol. The van der Waals surface area contributed by atoms with E-state index in [2.05, 4.69) is 48.6 Å². The van der Waals surface area contributed by atoms with Gasteiger partial charge in [0, 0.05) is 18.0 Å². The maximum Gasteiger partial charge on any atom is 0.227 e. The van der Waals surface area contributed by atoms with Crippen molar-refractivity contribution in [3.05, 3.63) is 89.8 Å². The second-order valence-corrected chi connectivity index (χ2v) is 7.69. The summed E-state index contributed by atoms with van der Waals surface area (Å²) in [6.45, 7) is 1.91. The van der Waals surface area contributed by atoms with E-state index in [-0.39, 0.29) is 29.6 Å². The van der Waals surface area contributed by atoms with Crippen molar-refractivity contribution in [3.63, 3.8) is 0 Å². The van der Waals surface area contributed by atoms with E-state index in [0.717, 1.165) is 17.7 Å². The number of benzene rings is 3. The number of carbonyl (C=O) groups excluding carboxylic acids is 1. The summed E-state index contributed by atoms with van der Waals surface area (Å²) in [5.41, 5.74) is 3.24. The van der Waals surface area contributed by atoms with E-state index in [4.69, 9.17) is 0 Å². The zero-order valence-electron chi connectivity index (χ0n) is 15.8. The molecule has 0 saturated heterocycles. The van der Waals surface area contributed by atoms with Gasteiger partial charge in [0.15, 0.2) is 0 Å². The van der Waals surface area contributed by atoms with Crippen LogP contribution in [0.4, 0.5) is 10.1 Å². The Morgan fingerprint density at radius 3 is 2.64 bits per heavy atom. The number of nitrogens with zero attached hydrogens (tertiary/aromatic N) is 1. The lowest BCUT2D eigenvalue weighted by molar-refractivity contribution is -0.119. The number of hydrogen-bond acceptors (Lipinski definition) is 1. The van der Waals surface area contributed by atoms with E-state index >= 15 is 0 Å². The van der Waals surface area contributed by atoms with Gasteiger partial charge in [-0.1, -0.05) is 61.5 Å². The highest BCUT2D eigenvalue weighted by Crippen LogP contribution is 2.54. The third-order valence-electron chi connectivity index (χ3n) is 6.22. The molecule has 0 fully saturated rings.